The van der Waals surface area contributed by atoms with Crippen molar-refractivity contribution in [3.05, 3.63) is 38.7 Å². The van der Waals surface area contributed by atoms with Crippen molar-refractivity contribution in [3.8, 4) is 0 Å². The fourth-order valence-electron chi connectivity index (χ4n) is 1.36. The van der Waals surface area contributed by atoms with E-state index in [0.29, 0.717) is 22.4 Å². The molecule has 7 heteroatoms. The molecule has 0 saturated carbocycles. The second-order valence-corrected chi connectivity index (χ2v) is 5.22. The number of aromatic nitrogens is 2. The second-order valence-electron chi connectivity index (χ2n) is 3.57. The predicted molar refractivity (Wildman–Crippen MR) is 78.6 cm³/mol. The minimum absolute atomic E-state index is 0.232. The summed E-state index contributed by atoms with van der Waals surface area (Å²) >= 11 is 15.2. The smallest absolute Gasteiger partial charge is 0.159 e. The third-order valence-corrected chi connectivity index (χ3v) is 3.37. The van der Waals surface area contributed by atoms with E-state index >= 15 is 0 Å². The maximum atomic E-state index is 5.90. The molecule has 1 aromatic carbocycles. The lowest BCUT2D eigenvalue weighted by molar-refractivity contribution is 1.06. The second kappa shape index (κ2) is 5.30. The molecule has 0 bridgehead atoms. The first-order chi connectivity index (χ1) is 8.47. The normalized spacial score (nSPS) is 10.4. The Morgan fingerprint density at radius 2 is 2.00 bits per heavy atom. The van der Waals surface area contributed by atoms with Gasteiger partial charge in [-0.15, -0.1) is 0 Å². The van der Waals surface area contributed by atoms with Crippen molar-refractivity contribution in [3.63, 3.8) is 0 Å². The molecule has 0 amide bonds. The van der Waals surface area contributed by atoms with Crippen LogP contribution in [0.1, 0.15) is 5.82 Å². The maximum absolute atomic E-state index is 5.90. The van der Waals surface area contributed by atoms with Gasteiger partial charge < -0.3 is 11.1 Å². The lowest BCUT2D eigenvalue weighted by Gasteiger charge is -2.11. The number of nitrogens with zero attached hydrogens (tertiary/aromatic N) is 2. The topological polar surface area (TPSA) is 63.8 Å². The zero-order valence-electron chi connectivity index (χ0n) is 9.34. The first-order valence-corrected chi connectivity index (χ1v) is 6.54. The van der Waals surface area contributed by atoms with Crippen LogP contribution >= 0.6 is 39.1 Å². The van der Waals surface area contributed by atoms with E-state index in [0.717, 1.165) is 10.2 Å². The minimum Gasteiger partial charge on any atom is -0.393 e. The SMILES string of the molecule is Cc1nc(Cl)c(N)c(Nc2ccc(Cl)cc2Br)n1. The number of rotatable bonds is 2. The van der Waals surface area contributed by atoms with Crippen LogP contribution in [-0.4, -0.2) is 9.97 Å². The van der Waals surface area contributed by atoms with Gasteiger partial charge in [-0.25, -0.2) is 9.97 Å². The summed E-state index contributed by atoms with van der Waals surface area (Å²) in [4.78, 5) is 8.18. The summed E-state index contributed by atoms with van der Waals surface area (Å²) < 4.78 is 0.807. The molecule has 2 aromatic rings. The van der Waals surface area contributed by atoms with E-state index in [1.54, 1.807) is 19.1 Å². The van der Waals surface area contributed by atoms with Crippen molar-refractivity contribution in [1.82, 2.24) is 9.97 Å². The molecule has 1 aromatic heterocycles. The Labute approximate surface area is 123 Å². The molecule has 0 unspecified atom stereocenters. The molecule has 0 fully saturated rings. The molecule has 0 aliphatic rings. The number of nitrogen functional groups attached to an aromatic ring is 1. The fraction of sp³-hybridized carbons (Fsp3) is 0.0909. The lowest BCUT2D eigenvalue weighted by Crippen LogP contribution is -2.03. The molecule has 0 aliphatic carbocycles. The number of halogens is 3. The minimum atomic E-state index is 0.232. The fourth-order valence-corrected chi connectivity index (χ4v) is 2.35. The van der Waals surface area contributed by atoms with Crippen molar-refractivity contribution in [2.45, 2.75) is 6.92 Å². The number of nitrogens with one attached hydrogen (secondary N) is 1. The van der Waals surface area contributed by atoms with Gasteiger partial charge in [-0.3, -0.25) is 0 Å². The lowest BCUT2D eigenvalue weighted by atomic mass is 10.3. The number of anilines is 3. The highest BCUT2D eigenvalue weighted by Crippen LogP contribution is 2.31. The van der Waals surface area contributed by atoms with E-state index in [1.165, 1.54) is 0 Å². The largest absolute Gasteiger partial charge is 0.393 e. The number of hydrogen-bond donors (Lipinski definition) is 2. The van der Waals surface area contributed by atoms with Crippen LogP contribution in [0.25, 0.3) is 0 Å². The van der Waals surface area contributed by atoms with Gasteiger partial charge in [-0.05, 0) is 41.1 Å². The molecule has 0 atom stereocenters. The summed E-state index contributed by atoms with van der Waals surface area (Å²) in [5.74, 6) is 1.01. The predicted octanol–water partition coefficient (Wildman–Crippen LogP) is 4.18. The summed E-state index contributed by atoms with van der Waals surface area (Å²) in [6.07, 6.45) is 0. The van der Waals surface area contributed by atoms with Crippen molar-refractivity contribution in [1.29, 1.82) is 0 Å². The van der Waals surface area contributed by atoms with Crippen LogP contribution in [0.4, 0.5) is 17.2 Å². The standard InChI is InChI=1S/C11H9BrCl2N4/c1-5-16-10(14)9(15)11(17-5)18-8-3-2-6(13)4-7(8)12/h2-4H,15H2,1H3,(H,16,17,18). The molecule has 18 heavy (non-hydrogen) atoms. The van der Waals surface area contributed by atoms with Crippen molar-refractivity contribution < 1.29 is 0 Å². The molecule has 0 aliphatic heterocycles. The number of benzene rings is 1. The molecule has 0 spiro atoms. The van der Waals surface area contributed by atoms with Crippen LogP contribution in [0.5, 0.6) is 0 Å². The zero-order chi connectivity index (χ0) is 13.3. The zero-order valence-corrected chi connectivity index (χ0v) is 12.4. The number of aryl methyl sites for hydroxylation is 1. The number of hydrogen-bond acceptors (Lipinski definition) is 4. The van der Waals surface area contributed by atoms with E-state index in [4.69, 9.17) is 28.9 Å². The number of nitrogens with two attached hydrogens (primary N) is 1. The average molecular weight is 348 g/mol. The molecule has 94 valence electrons. The Morgan fingerprint density at radius 3 is 2.67 bits per heavy atom. The van der Waals surface area contributed by atoms with Gasteiger partial charge in [0.05, 0.1) is 5.69 Å². The first kappa shape index (κ1) is 13.4. The average Bonchev–Trinajstić information content (AvgIpc) is 2.29. The van der Waals surface area contributed by atoms with Gasteiger partial charge in [0.15, 0.2) is 11.0 Å². The molecule has 0 saturated heterocycles. The van der Waals surface area contributed by atoms with Crippen LogP contribution in [0.15, 0.2) is 22.7 Å². The van der Waals surface area contributed by atoms with Gasteiger partial charge in [-0.2, -0.15) is 0 Å². The van der Waals surface area contributed by atoms with Gasteiger partial charge in [0.2, 0.25) is 0 Å². The van der Waals surface area contributed by atoms with E-state index in [1.807, 2.05) is 6.07 Å². The van der Waals surface area contributed by atoms with Crippen LogP contribution in [0.3, 0.4) is 0 Å². The van der Waals surface area contributed by atoms with Gasteiger partial charge >= 0.3 is 0 Å². The van der Waals surface area contributed by atoms with Crippen molar-refractivity contribution in [2.75, 3.05) is 11.1 Å². The highest BCUT2D eigenvalue weighted by Gasteiger charge is 2.10. The maximum Gasteiger partial charge on any atom is 0.159 e. The Hall–Kier alpha value is -1.04. The molecule has 1 heterocycles. The molecule has 0 radical (unpaired) electrons. The highest BCUT2D eigenvalue weighted by atomic mass is 79.9. The Balaban J connectivity index is 2.40. The van der Waals surface area contributed by atoms with Gasteiger partial charge in [-0.1, -0.05) is 23.2 Å². The summed E-state index contributed by atoms with van der Waals surface area (Å²) in [7, 11) is 0. The molecule has 4 nitrogen and oxygen atoms in total. The van der Waals surface area contributed by atoms with E-state index in [9.17, 15) is 0 Å². The van der Waals surface area contributed by atoms with Gasteiger partial charge in [0.25, 0.3) is 0 Å². The Morgan fingerprint density at radius 1 is 1.28 bits per heavy atom. The quantitative estimate of drug-likeness (QED) is 0.800. The third kappa shape index (κ3) is 2.85. The van der Waals surface area contributed by atoms with Gasteiger partial charge in [0.1, 0.15) is 11.5 Å². The summed E-state index contributed by atoms with van der Waals surface area (Å²) in [5.41, 5.74) is 6.92. The summed E-state index contributed by atoms with van der Waals surface area (Å²) in [6.45, 7) is 1.74. The Kier molecular flexibility index (Phi) is 3.94. The Bertz CT molecular complexity index is 604. The van der Waals surface area contributed by atoms with Crippen LogP contribution in [0.2, 0.25) is 10.2 Å². The first-order valence-electron chi connectivity index (χ1n) is 4.99. The molecular weight excluding hydrogens is 339 g/mol. The van der Waals surface area contributed by atoms with Crippen molar-refractivity contribution >= 4 is 56.3 Å². The molecule has 2 rings (SSSR count). The summed E-state index contributed by atoms with van der Waals surface area (Å²) in [5, 5.41) is 3.95. The van der Waals surface area contributed by atoms with Crippen LogP contribution in [0, 0.1) is 6.92 Å². The van der Waals surface area contributed by atoms with Crippen LogP contribution < -0.4 is 11.1 Å². The van der Waals surface area contributed by atoms with Gasteiger partial charge in [0, 0.05) is 9.50 Å². The third-order valence-electron chi connectivity index (χ3n) is 2.20. The van der Waals surface area contributed by atoms with E-state index in [2.05, 4.69) is 31.2 Å². The monoisotopic (exact) mass is 346 g/mol. The molecular formula is C11H9BrCl2N4. The highest BCUT2D eigenvalue weighted by molar-refractivity contribution is 9.10. The van der Waals surface area contributed by atoms with E-state index < -0.39 is 0 Å². The van der Waals surface area contributed by atoms with Crippen LogP contribution in [-0.2, 0) is 0 Å². The van der Waals surface area contributed by atoms with E-state index in [-0.39, 0.29) is 5.15 Å². The van der Waals surface area contributed by atoms with Crippen molar-refractivity contribution in [2.24, 2.45) is 0 Å². The molecule has 3 N–H and O–H groups in total. The summed E-state index contributed by atoms with van der Waals surface area (Å²) in [6, 6.07) is 5.35.